The normalized spacial score (nSPS) is 22.3. The van der Waals surface area contributed by atoms with Gasteiger partial charge in [0.05, 0.1) is 39.6 Å². The zero-order valence-electron chi connectivity index (χ0n) is 23.8. The number of rotatable bonds is 16. The predicted octanol–water partition coefficient (Wildman–Crippen LogP) is 5.63. The molecule has 41 heavy (non-hydrogen) atoms. The van der Waals surface area contributed by atoms with Crippen LogP contribution in [0.4, 0.5) is 0 Å². The molecule has 3 aromatic carbocycles. The van der Waals surface area contributed by atoms with Gasteiger partial charge < -0.3 is 28.8 Å². The van der Waals surface area contributed by atoms with Gasteiger partial charge in [-0.15, -0.1) is 0 Å². The number of ether oxygens (including phenoxy) is 5. The number of carbonyl (C=O) groups excluding carboxylic acids is 1. The third-order valence-corrected chi connectivity index (χ3v) is 7.36. The summed E-state index contributed by atoms with van der Waals surface area (Å²) in [6.07, 6.45) is 1.20. The van der Waals surface area contributed by atoms with Crippen LogP contribution < -0.4 is 0 Å². The standard InChI is InChI=1S/C34H42O7/c1-37-31(36)21-13-5-12-20-29-32(38-23-26-14-6-2-7-15-26)34(40-25-28-18-10-4-11-19-28)33(30(22-35)41-29)39-24-27-16-8-3-9-17-27/h2-4,6-11,14-19,29-30,32-35H,5,12-13,20-25H2,1H3/t29-,30-,32-,33-,34-/m1/s1. The van der Waals surface area contributed by atoms with Crippen molar-refractivity contribution in [3.63, 3.8) is 0 Å². The minimum Gasteiger partial charge on any atom is -0.469 e. The van der Waals surface area contributed by atoms with Gasteiger partial charge in [0.1, 0.15) is 24.4 Å². The van der Waals surface area contributed by atoms with Crippen LogP contribution in [-0.2, 0) is 48.3 Å². The molecule has 3 aromatic rings. The molecular weight excluding hydrogens is 520 g/mol. The fraction of sp³-hybridized carbons (Fsp3) is 0.441. The number of methoxy groups -OCH3 is 1. The van der Waals surface area contributed by atoms with Crippen molar-refractivity contribution in [3.05, 3.63) is 108 Å². The van der Waals surface area contributed by atoms with Crippen LogP contribution in [-0.4, -0.2) is 55.3 Å². The number of carbonyl (C=O) groups is 1. The van der Waals surface area contributed by atoms with Gasteiger partial charge in [-0.2, -0.15) is 0 Å². The van der Waals surface area contributed by atoms with Gasteiger partial charge in [0, 0.05) is 6.42 Å². The lowest BCUT2D eigenvalue weighted by molar-refractivity contribution is -0.271. The Morgan fingerprint density at radius 2 is 1.12 bits per heavy atom. The van der Waals surface area contributed by atoms with Gasteiger partial charge in [0.2, 0.25) is 0 Å². The first-order chi connectivity index (χ1) is 20.2. The molecule has 0 radical (unpaired) electrons. The summed E-state index contributed by atoms with van der Waals surface area (Å²) < 4.78 is 30.9. The SMILES string of the molecule is COC(=O)CCCCC[C@H]1O[C@H](CO)[C@@H](OCc2ccccc2)[C@H](OCc2ccccc2)[C@@H]1OCc1ccccc1. The Bertz CT molecular complexity index is 1130. The molecule has 1 aliphatic heterocycles. The Kier molecular flexibility index (Phi) is 12.8. The smallest absolute Gasteiger partial charge is 0.305 e. The van der Waals surface area contributed by atoms with Crippen molar-refractivity contribution in [2.24, 2.45) is 0 Å². The molecule has 7 nitrogen and oxygen atoms in total. The molecule has 5 atom stereocenters. The predicted molar refractivity (Wildman–Crippen MR) is 156 cm³/mol. The molecule has 7 heteroatoms. The van der Waals surface area contributed by atoms with Crippen LogP contribution in [0.2, 0.25) is 0 Å². The molecule has 1 heterocycles. The minimum atomic E-state index is -0.573. The second-order valence-corrected chi connectivity index (χ2v) is 10.4. The first-order valence-electron chi connectivity index (χ1n) is 14.5. The van der Waals surface area contributed by atoms with E-state index in [1.165, 1.54) is 7.11 Å². The lowest BCUT2D eigenvalue weighted by Gasteiger charge is -2.46. The minimum absolute atomic E-state index is 0.198. The largest absolute Gasteiger partial charge is 0.469 e. The van der Waals surface area contributed by atoms with Crippen LogP contribution in [0, 0.1) is 0 Å². The van der Waals surface area contributed by atoms with Gasteiger partial charge in [0.25, 0.3) is 0 Å². The molecule has 1 fully saturated rings. The fourth-order valence-corrected chi connectivity index (χ4v) is 5.16. The van der Waals surface area contributed by atoms with Crippen molar-refractivity contribution >= 4 is 5.97 Å². The number of hydrogen-bond acceptors (Lipinski definition) is 7. The molecule has 0 amide bonds. The number of hydrogen-bond donors (Lipinski definition) is 1. The number of esters is 1. The van der Waals surface area contributed by atoms with Gasteiger partial charge in [-0.3, -0.25) is 4.79 Å². The summed E-state index contributed by atoms with van der Waals surface area (Å²) in [4.78, 5) is 11.5. The van der Waals surface area contributed by atoms with E-state index < -0.39 is 24.4 Å². The topological polar surface area (TPSA) is 83.5 Å². The summed E-state index contributed by atoms with van der Waals surface area (Å²) in [6.45, 7) is 0.940. The highest BCUT2D eigenvalue weighted by Gasteiger charge is 2.47. The molecular formula is C34H42O7. The van der Waals surface area contributed by atoms with Gasteiger partial charge >= 0.3 is 5.97 Å². The first kappa shape index (κ1) is 30.9. The van der Waals surface area contributed by atoms with Crippen molar-refractivity contribution in [1.82, 2.24) is 0 Å². The third kappa shape index (κ3) is 9.76. The number of aliphatic hydroxyl groups excluding tert-OH is 1. The Hall–Kier alpha value is -3.07. The van der Waals surface area contributed by atoms with Crippen LogP contribution >= 0.6 is 0 Å². The summed E-state index contributed by atoms with van der Waals surface area (Å²) in [6, 6.07) is 30.0. The molecule has 0 spiro atoms. The highest BCUT2D eigenvalue weighted by molar-refractivity contribution is 5.68. The Morgan fingerprint density at radius 3 is 1.59 bits per heavy atom. The van der Waals surface area contributed by atoms with Crippen molar-refractivity contribution in [2.45, 2.75) is 82.4 Å². The maximum absolute atomic E-state index is 11.5. The molecule has 4 rings (SSSR count). The van der Waals surface area contributed by atoms with Crippen molar-refractivity contribution in [2.75, 3.05) is 13.7 Å². The second kappa shape index (κ2) is 17.0. The quantitative estimate of drug-likeness (QED) is 0.179. The van der Waals surface area contributed by atoms with Gasteiger partial charge in [-0.05, 0) is 29.5 Å². The van der Waals surface area contributed by atoms with E-state index in [-0.39, 0.29) is 18.7 Å². The van der Waals surface area contributed by atoms with Crippen LogP contribution in [0.3, 0.4) is 0 Å². The molecule has 1 saturated heterocycles. The van der Waals surface area contributed by atoms with E-state index in [9.17, 15) is 9.90 Å². The van der Waals surface area contributed by atoms with Gasteiger partial charge in [-0.25, -0.2) is 0 Å². The van der Waals surface area contributed by atoms with Crippen molar-refractivity contribution in [3.8, 4) is 0 Å². The highest BCUT2D eigenvalue weighted by Crippen LogP contribution is 2.32. The highest BCUT2D eigenvalue weighted by atomic mass is 16.6. The number of unbranched alkanes of at least 4 members (excludes halogenated alkanes) is 2. The van der Waals surface area contributed by atoms with Crippen LogP contribution in [0.1, 0.15) is 48.8 Å². The fourth-order valence-electron chi connectivity index (χ4n) is 5.16. The molecule has 0 unspecified atom stereocenters. The van der Waals surface area contributed by atoms with Crippen LogP contribution in [0.25, 0.3) is 0 Å². The molecule has 1 N–H and O–H groups in total. The Morgan fingerprint density at radius 1 is 0.659 bits per heavy atom. The number of aliphatic hydroxyl groups is 1. The summed E-state index contributed by atoms with van der Waals surface area (Å²) in [5.41, 5.74) is 3.13. The molecule has 0 aromatic heterocycles. The van der Waals surface area contributed by atoms with E-state index in [4.69, 9.17) is 23.7 Å². The van der Waals surface area contributed by atoms with Gasteiger partial charge in [0.15, 0.2) is 0 Å². The van der Waals surface area contributed by atoms with Gasteiger partial charge in [-0.1, -0.05) is 104 Å². The number of benzene rings is 3. The summed E-state index contributed by atoms with van der Waals surface area (Å²) in [7, 11) is 1.41. The van der Waals surface area contributed by atoms with E-state index in [0.29, 0.717) is 32.7 Å². The van der Waals surface area contributed by atoms with E-state index in [1.807, 2.05) is 91.0 Å². The Balaban J connectivity index is 1.54. The monoisotopic (exact) mass is 562 g/mol. The lowest BCUT2D eigenvalue weighted by Crippen LogP contribution is -2.61. The zero-order valence-corrected chi connectivity index (χ0v) is 23.8. The average Bonchev–Trinajstić information content (AvgIpc) is 3.03. The molecule has 0 aliphatic carbocycles. The van der Waals surface area contributed by atoms with Crippen LogP contribution in [0.5, 0.6) is 0 Å². The average molecular weight is 563 g/mol. The zero-order chi connectivity index (χ0) is 28.7. The van der Waals surface area contributed by atoms with E-state index in [2.05, 4.69) is 0 Å². The summed E-state index contributed by atoms with van der Waals surface area (Å²) >= 11 is 0. The Labute approximate surface area is 243 Å². The van der Waals surface area contributed by atoms with E-state index in [0.717, 1.165) is 36.0 Å². The van der Waals surface area contributed by atoms with E-state index in [1.54, 1.807) is 0 Å². The van der Waals surface area contributed by atoms with Crippen molar-refractivity contribution in [1.29, 1.82) is 0 Å². The summed E-state index contributed by atoms with van der Waals surface area (Å²) in [5, 5.41) is 10.4. The molecule has 0 bridgehead atoms. The van der Waals surface area contributed by atoms with E-state index >= 15 is 0 Å². The summed E-state index contributed by atoms with van der Waals surface area (Å²) in [5.74, 6) is -0.198. The maximum Gasteiger partial charge on any atom is 0.305 e. The van der Waals surface area contributed by atoms with Crippen molar-refractivity contribution < 1.29 is 33.6 Å². The second-order valence-electron chi connectivity index (χ2n) is 10.4. The third-order valence-electron chi connectivity index (χ3n) is 7.36. The molecule has 220 valence electrons. The lowest BCUT2D eigenvalue weighted by atomic mass is 9.91. The first-order valence-corrected chi connectivity index (χ1v) is 14.5. The maximum atomic E-state index is 11.5. The molecule has 1 aliphatic rings. The molecule has 0 saturated carbocycles. The van der Waals surface area contributed by atoms with Crippen LogP contribution in [0.15, 0.2) is 91.0 Å².